The van der Waals surface area contributed by atoms with Crippen molar-refractivity contribution < 1.29 is 13.9 Å². The summed E-state index contributed by atoms with van der Waals surface area (Å²) in [6.45, 7) is 8.12. The SMILES string of the molecule is CC(CN)/C(=C\F)COc1ccc(C(=O)NC(C)(C)C)cc1.Cl. The van der Waals surface area contributed by atoms with Crippen LogP contribution in [0.2, 0.25) is 0 Å². The molecule has 1 aromatic rings. The predicted octanol–water partition coefficient (Wildman–Crippen LogP) is 3.46. The lowest BCUT2D eigenvalue weighted by Crippen LogP contribution is -2.40. The lowest BCUT2D eigenvalue weighted by Gasteiger charge is -2.20. The Morgan fingerprint density at radius 2 is 1.91 bits per heavy atom. The van der Waals surface area contributed by atoms with Crippen molar-refractivity contribution in [2.75, 3.05) is 13.2 Å². The number of benzene rings is 1. The zero-order chi connectivity index (χ0) is 16.8. The molecule has 6 heteroatoms. The van der Waals surface area contributed by atoms with Crippen LogP contribution in [-0.2, 0) is 0 Å². The van der Waals surface area contributed by atoms with Gasteiger partial charge in [0, 0.05) is 11.1 Å². The first-order valence-corrected chi connectivity index (χ1v) is 7.31. The topological polar surface area (TPSA) is 64.3 Å². The number of carbonyl (C=O) groups excluding carboxylic acids is 1. The lowest BCUT2D eigenvalue weighted by molar-refractivity contribution is 0.0919. The second-order valence-electron chi connectivity index (χ2n) is 6.34. The Morgan fingerprint density at radius 1 is 1.35 bits per heavy atom. The third-order valence-corrected chi connectivity index (χ3v) is 3.14. The van der Waals surface area contributed by atoms with Gasteiger partial charge in [0.25, 0.3) is 5.91 Å². The number of rotatable bonds is 6. The van der Waals surface area contributed by atoms with Crippen LogP contribution >= 0.6 is 12.4 Å². The van der Waals surface area contributed by atoms with Crippen molar-refractivity contribution in [2.45, 2.75) is 33.2 Å². The molecule has 0 fully saturated rings. The van der Waals surface area contributed by atoms with Crippen LogP contribution in [0.3, 0.4) is 0 Å². The zero-order valence-corrected chi connectivity index (χ0v) is 14.9. The first kappa shape index (κ1) is 21.4. The minimum Gasteiger partial charge on any atom is -0.489 e. The van der Waals surface area contributed by atoms with Gasteiger partial charge in [-0.2, -0.15) is 0 Å². The quantitative estimate of drug-likeness (QED) is 0.830. The second-order valence-corrected chi connectivity index (χ2v) is 6.34. The number of nitrogens with one attached hydrogen (secondary N) is 1. The summed E-state index contributed by atoms with van der Waals surface area (Å²) in [5.74, 6) is 0.373. The van der Waals surface area contributed by atoms with Crippen LogP contribution in [0.5, 0.6) is 5.75 Å². The van der Waals surface area contributed by atoms with Crippen molar-refractivity contribution >= 4 is 18.3 Å². The Hall–Kier alpha value is -1.59. The van der Waals surface area contributed by atoms with Crippen LogP contribution in [0.25, 0.3) is 0 Å². The molecule has 1 aromatic carbocycles. The van der Waals surface area contributed by atoms with Crippen molar-refractivity contribution in [3.05, 3.63) is 41.7 Å². The molecule has 0 radical (unpaired) electrons. The average Bonchev–Trinajstić information content (AvgIpc) is 2.46. The van der Waals surface area contributed by atoms with E-state index in [9.17, 15) is 9.18 Å². The first-order valence-electron chi connectivity index (χ1n) is 7.31. The van der Waals surface area contributed by atoms with Gasteiger partial charge in [-0.15, -0.1) is 12.4 Å². The van der Waals surface area contributed by atoms with Gasteiger partial charge < -0.3 is 15.8 Å². The smallest absolute Gasteiger partial charge is 0.251 e. The number of carbonyl (C=O) groups is 1. The van der Waals surface area contributed by atoms with Crippen LogP contribution in [0.1, 0.15) is 38.1 Å². The summed E-state index contributed by atoms with van der Waals surface area (Å²) in [4.78, 5) is 12.0. The minimum atomic E-state index is -0.286. The van der Waals surface area contributed by atoms with Gasteiger partial charge >= 0.3 is 0 Å². The number of halogens is 2. The van der Waals surface area contributed by atoms with E-state index in [0.717, 1.165) is 0 Å². The monoisotopic (exact) mass is 344 g/mol. The van der Waals surface area contributed by atoms with Gasteiger partial charge in [0.15, 0.2) is 0 Å². The highest BCUT2D eigenvalue weighted by Gasteiger charge is 2.15. The standard InChI is InChI=1S/C17H25FN2O2.ClH/c1-12(10-19)14(9-18)11-22-15-7-5-13(6-8-15)16(21)20-17(2,3)4;/h5-9,12H,10-11,19H2,1-4H3,(H,20,21);1H/b14-9-;. The van der Waals surface area contributed by atoms with Crippen LogP contribution in [0, 0.1) is 5.92 Å². The maximum absolute atomic E-state index is 12.8. The van der Waals surface area contributed by atoms with Crippen LogP contribution < -0.4 is 15.8 Å². The summed E-state index contributed by atoms with van der Waals surface area (Å²) < 4.78 is 18.3. The number of nitrogens with two attached hydrogens (primary N) is 1. The highest BCUT2D eigenvalue weighted by atomic mass is 35.5. The summed E-state index contributed by atoms with van der Waals surface area (Å²) in [7, 11) is 0. The average molecular weight is 345 g/mol. The third-order valence-electron chi connectivity index (χ3n) is 3.14. The number of ether oxygens (including phenoxy) is 1. The molecule has 0 aliphatic carbocycles. The molecule has 0 bridgehead atoms. The minimum absolute atomic E-state index is 0. The molecule has 130 valence electrons. The molecule has 1 amide bonds. The van der Waals surface area contributed by atoms with E-state index in [2.05, 4.69) is 5.32 Å². The molecule has 0 saturated carbocycles. The van der Waals surface area contributed by atoms with Crippen molar-refractivity contribution in [3.8, 4) is 5.75 Å². The fourth-order valence-electron chi connectivity index (χ4n) is 1.71. The molecular weight excluding hydrogens is 319 g/mol. The highest BCUT2D eigenvalue weighted by molar-refractivity contribution is 5.94. The van der Waals surface area contributed by atoms with Gasteiger partial charge in [-0.25, -0.2) is 4.39 Å². The van der Waals surface area contributed by atoms with E-state index in [-0.39, 0.29) is 36.4 Å². The van der Waals surface area contributed by atoms with Crippen molar-refractivity contribution in [1.29, 1.82) is 0 Å². The maximum Gasteiger partial charge on any atom is 0.251 e. The van der Waals surface area contributed by atoms with Crippen LogP contribution in [0.15, 0.2) is 36.2 Å². The largest absolute Gasteiger partial charge is 0.489 e. The normalized spacial score (nSPS) is 13.0. The Morgan fingerprint density at radius 3 is 2.35 bits per heavy atom. The van der Waals surface area contributed by atoms with Gasteiger partial charge in [-0.3, -0.25) is 4.79 Å². The third kappa shape index (κ3) is 7.48. The molecule has 0 saturated heterocycles. The number of amides is 1. The maximum atomic E-state index is 12.8. The van der Waals surface area contributed by atoms with Gasteiger partial charge in [-0.1, -0.05) is 6.92 Å². The summed E-state index contributed by atoms with van der Waals surface area (Å²) in [5, 5.41) is 2.88. The molecule has 23 heavy (non-hydrogen) atoms. The van der Waals surface area contributed by atoms with E-state index in [0.29, 0.717) is 29.8 Å². The van der Waals surface area contributed by atoms with Crippen LogP contribution in [0.4, 0.5) is 4.39 Å². The molecule has 3 N–H and O–H groups in total. The fraction of sp³-hybridized carbons (Fsp3) is 0.471. The van der Waals surface area contributed by atoms with Gasteiger partial charge in [-0.05, 0) is 63.1 Å². The fourth-order valence-corrected chi connectivity index (χ4v) is 1.71. The van der Waals surface area contributed by atoms with Crippen molar-refractivity contribution in [2.24, 2.45) is 11.7 Å². The van der Waals surface area contributed by atoms with Gasteiger partial charge in [0.1, 0.15) is 12.4 Å². The summed E-state index contributed by atoms with van der Waals surface area (Å²) in [5.41, 5.74) is 6.29. The number of hydrogen-bond acceptors (Lipinski definition) is 3. The Balaban J connectivity index is 0.00000484. The van der Waals surface area contributed by atoms with E-state index in [1.54, 1.807) is 24.3 Å². The summed E-state index contributed by atoms with van der Waals surface area (Å²) in [6.07, 6.45) is 0.544. The molecule has 1 unspecified atom stereocenters. The molecule has 0 heterocycles. The molecule has 0 aliphatic heterocycles. The Labute approximate surface area is 143 Å². The number of hydrogen-bond donors (Lipinski definition) is 2. The summed E-state index contributed by atoms with van der Waals surface area (Å²) >= 11 is 0. The second kappa shape index (κ2) is 9.53. The molecule has 0 spiro atoms. The summed E-state index contributed by atoms with van der Waals surface area (Å²) in [6, 6.07) is 6.75. The van der Waals surface area contributed by atoms with Crippen molar-refractivity contribution in [1.82, 2.24) is 5.32 Å². The van der Waals surface area contributed by atoms with Gasteiger partial charge in [0.2, 0.25) is 0 Å². The molecule has 0 aromatic heterocycles. The molecule has 1 atom stereocenters. The molecular formula is C17H26ClFN2O2. The van der Waals surface area contributed by atoms with Crippen molar-refractivity contribution in [3.63, 3.8) is 0 Å². The van der Waals surface area contributed by atoms with E-state index in [1.165, 1.54) is 0 Å². The van der Waals surface area contributed by atoms with E-state index >= 15 is 0 Å². The lowest BCUT2D eigenvalue weighted by atomic mass is 10.0. The van der Waals surface area contributed by atoms with E-state index < -0.39 is 0 Å². The predicted molar refractivity (Wildman–Crippen MR) is 93.8 cm³/mol. The molecule has 0 aliphatic rings. The van der Waals surface area contributed by atoms with Gasteiger partial charge in [0.05, 0.1) is 6.33 Å². The van der Waals surface area contributed by atoms with E-state index in [1.807, 2.05) is 27.7 Å². The Kier molecular flexibility index (Phi) is 8.87. The Bertz CT molecular complexity index is 524. The first-order chi connectivity index (χ1) is 10.3. The molecule has 4 nitrogen and oxygen atoms in total. The van der Waals surface area contributed by atoms with Crippen LogP contribution in [-0.4, -0.2) is 24.6 Å². The van der Waals surface area contributed by atoms with E-state index in [4.69, 9.17) is 10.5 Å². The highest BCUT2D eigenvalue weighted by Crippen LogP contribution is 2.16. The zero-order valence-electron chi connectivity index (χ0n) is 14.1. The molecule has 1 rings (SSSR count).